The fourth-order valence-corrected chi connectivity index (χ4v) is 4.61. The van der Waals surface area contributed by atoms with Gasteiger partial charge < -0.3 is 9.30 Å². The van der Waals surface area contributed by atoms with E-state index in [2.05, 4.69) is 34.2 Å². The molecule has 4 rings (SSSR count). The van der Waals surface area contributed by atoms with Crippen molar-refractivity contribution in [2.45, 2.75) is 44.8 Å². The third kappa shape index (κ3) is 4.20. The van der Waals surface area contributed by atoms with Crippen molar-refractivity contribution in [1.29, 1.82) is 0 Å². The van der Waals surface area contributed by atoms with Gasteiger partial charge >= 0.3 is 0 Å². The molecular formula is C20H21N5O2S2. The number of fused-ring (bicyclic) bond motifs is 1. The average molecular weight is 428 g/mol. The number of thioether (sulfide) groups is 1. The van der Waals surface area contributed by atoms with E-state index < -0.39 is 0 Å². The quantitative estimate of drug-likeness (QED) is 0.417. The standard InChI is InChI=1S/C20H21N5O2S2/c1-4-24-17(11-27-16-9-13(2)5-6-14(16)3)22-23-20(24)29-12-15-10-18(26)25-7-8-28-19(25)21-15/h5-10H,4,11-12H2,1-3H3. The molecular weight excluding hydrogens is 406 g/mol. The molecule has 0 saturated carbocycles. The molecule has 1 aromatic carbocycles. The second-order valence-corrected chi connectivity index (χ2v) is 8.45. The minimum absolute atomic E-state index is 0.0635. The van der Waals surface area contributed by atoms with Crippen molar-refractivity contribution < 1.29 is 4.74 Å². The highest BCUT2D eigenvalue weighted by atomic mass is 32.2. The molecule has 0 N–H and O–H groups in total. The topological polar surface area (TPSA) is 74.3 Å². The van der Waals surface area contributed by atoms with Crippen LogP contribution < -0.4 is 10.3 Å². The molecule has 7 nitrogen and oxygen atoms in total. The van der Waals surface area contributed by atoms with Crippen molar-refractivity contribution in [1.82, 2.24) is 24.1 Å². The zero-order valence-corrected chi connectivity index (χ0v) is 18.1. The summed E-state index contributed by atoms with van der Waals surface area (Å²) >= 11 is 2.97. The normalized spacial score (nSPS) is 11.3. The zero-order chi connectivity index (χ0) is 20.4. The monoisotopic (exact) mass is 427 g/mol. The lowest BCUT2D eigenvalue weighted by Crippen LogP contribution is -2.12. The Morgan fingerprint density at radius 2 is 2.07 bits per heavy atom. The molecule has 29 heavy (non-hydrogen) atoms. The second kappa shape index (κ2) is 8.38. The van der Waals surface area contributed by atoms with Gasteiger partial charge in [-0.15, -0.1) is 21.5 Å². The molecule has 0 unspecified atom stereocenters. The first-order chi connectivity index (χ1) is 14.0. The van der Waals surface area contributed by atoms with Crippen LogP contribution in [0.15, 0.2) is 45.8 Å². The van der Waals surface area contributed by atoms with Gasteiger partial charge in [0.05, 0.1) is 5.69 Å². The van der Waals surface area contributed by atoms with Crippen LogP contribution in [0.1, 0.15) is 29.6 Å². The smallest absolute Gasteiger partial charge is 0.258 e. The minimum Gasteiger partial charge on any atom is -0.485 e. The summed E-state index contributed by atoms with van der Waals surface area (Å²) in [4.78, 5) is 17.4. The number of thiazole rings is 1. The molecule has 0 atom stereocenters. The highest BCUT2D eigenvalue weighted by molar-refractivity contribution is 7.98. The summed E-state index contributed by atoms with van der Waals surface area (Å²) in [6.45, 7) is 7.22. The number of ether oxygens (including phenoxy) is 1. The largest absolute Gasteiger partial charge is 0.485 e. The van der Waals surface area contributed by atoms with E-state index >= 15 is 0 Å². The third-order valence-corrected chi connectivity index (χ3v) is 6.27. The number of hydrogen-bond donors (Lipinski definition) is 0. The fraction of sp³-hybridized carbons (Fsp3) is 0.300. The Morgan fingerprint density at radius 1 is 1.21 bits per heavy atom. The van der Waals surface area contributed by atoms with Gasteiger partial charge in [-0.3, -0.25) is 9.20 Å². The second-order valence-electron chi connectivity index (χ2n) is 6.63. The van der Waals surface area contributed by atoms with Crippen molar-refractivity contribution in [3.05, 3.63) is 68.8 Å². The van der Waals surface area contributed by atoms with E-state index in [0.29, 0.717) is 17.3 Å². The summed E-state index contributed by atoms with van der Waals surface area (Å²) in [7, 11) is 0. The first-order valence-electron chi connectivity index (χ1n) is 9.26. The summed E-state index contributed by atoms with van der Waals surface area (Å²) in [6, 6.07) is 7.72. The molecule has 0 amide bonds. The molecule has 0 fully saturated rings. The lowest BCUT2D eigenvalue weighted by molar-refractivity contribution is 0.286. The van der Waals surface area contributed by atoms with Crippen LogP contribution in [0, 0.1) is 13.8 Å². The van der Waals surface area contributed by atoms with Crippen LogP contribution in [-0.2, 0) is 18.9 Å². The van der Waals surface area contributed by atoms with E-state index in [-0.39, 0.29) is 5.56 Å². The Labute approximate surface area is 176 Å². The van der Waals surface area contributed by atoms with Gasteiger partial charge in [0.15, 0.2) is 15.9 Å². The third-order valence-electron chi connectivity index (χ3n) is 4.52. The van der Waals surface area contributed by atoms with Crippen molar-refractivity contribution in [2.24, 2.45) is 0 Å². The summed E-state index contributed by atoms with van der Waals surface area (Å²) in [5.74, 6) is 2.19. The van der Waals surface area contributed by atoms with Crippen LogP contribution in [0.2, 0.25) is 0 Å². The van der Waals surface area contributed by atoms with Crippen molar-refractivity contribution in [3.8, 4) is 5.75 Å². The molecule has 0 aliphatic carbocycles. The maximum Gasteiger partial charge on any atom is 0.258 e. The van der Waals surface area contributed by atoms with Crippen LogP contribution in [0.4, 0.5) is 0 Å². The van der Waals surface area contributed by atoms with Gasteiger partial charge in [0, 0.05) is 29.9 Å². The van der Waals surface area contributed by atoms with Crippen LogP contribution in [0.3, 0.4) is 0 Å². The van der Waals surface area contributed by atoms with Gasteiger partial charge in [-0.2, -0.15) is 0 Å². The molecule has 0 bridgehead atoms. The van der Waals surface area contributed by atoms with E-state index in [1.807, 2.05) is 29.9 Å². The van der Waals surface area contributed by atoms with Crippen molar-refractivity contribution >= 4 is 28.1 Å². The number of nitrogens with zero attached hydrogens (tertiary/aromatic N) is 5. The highest BCUT2D eigenvalue weighted by Gasteiger charge is 2.14. The number of rotatable bonds is 7. The van der Waals surface area contributed by atoms with Crippen LogP contribution in [0.5, 0.6) is 5.75 Å². The Balaban J connectivity index is 1.48. The Hall–Kier alpha value is -2.65. The minimum atomic E-state index is -0.0635. The summed E-state index contributed by atoms with van der Waals surface area (Å²) in [5, 5.41) is 11.3. The molecule has 150 valence electrons. The Kier molecular flexibility index (Phi) is 5.68. The Morgan fingerprint density at radius 3 is 2.90 bits per heavy atom. The van der Waals surface area contributed by atoms with Gasteiger partial charge in [-0.05, 0) is 38.0 Å². The van der Waals surface area contributed by atoms with E-state index in [1.54, 1.807) is 16.7 Å². The Bertz CT molecular complexity index is 1210. The van der Waals surface area contributed by atoms with E-state index in [1.165, 1.54) is 23.1 Å². The van der Waals surface area contributed by atoms with Crippen LogP contribution in [0.25, 0.3) is 4.96 Å². The van der Waals surface area contributed by atoms with Crippen molar-refractivity contribution in [2.75, 3.05) is 0 Å². The molecule has 3 heterocycles. The average Bonchev–Trinajstić information content (AvgIpc) is 3.33. The zero-order valence-electron chi connectivity index (χ0n) is 16.5. The van der Waals surface area contributed by atoms with E-state index in [9.17, 15) is 4.79 Å². The maximum absolute atomic E-state index is 12.1. The summed E-state index contributed by atoms with van der Waals surface area (Å²) in [5.41, 5.74) is 2.92. The highest BCUT2D eigenvalue weighted by Crippen LogP contribution is 2.23. The lowest BCUT2D eigenvalue weighted by atomic mass is 10.1. The van der Waals surface area contributed by atoms with E-state index in [4.69, 9.17) is 4.74 Å². The summed E-state index contributed by atoms with van der Waals surface area (Å²) < 4.78 is 9.58. The van der Waals surface area contributed by atoms with Crippen molar-refractivity contribution in [3.63, 3.8) is 0 Å². The molecule has 0 radical (unpaired) electrons. The van der Waals surface area contributed by atoms with Gasteiger partial charge in [0.25, 0.3) is 5.56 Å². The SMILES string of the molecule is CCn1c(COc2cc(C)ccc2C)nnc1SCc1cc(=O)n2ccsc2n1. The molecule has 3 aromatic heterocycles. The number of aromatic nitrogens is 5. The maximum atomic E-state index is 12.1. The first kappa shape index (κ1) is 19.7. The first-order valence-corrected chi connectivity index (χ1v) is 11.1. The van der Waals surface area contributed by atoms with Crippen LogP contribution >= 0.6 is 23.1 Å². The fourth-order valence-electron chi connectivity index (χ4n) is 2.96. The number of benzene rings is 1. The molecule has 0 spiro atoms. The summed E-state index contributed by atoms with van der Waals surface area (Å²) in [6.07, 6.45) is 1.74. The lowest BCUT2D eigenvalue weighted by Gasteiger charge is -2.11. The molecule has 0 aliphatic heterocycles. The predicted molar refractivity (Wildman–Crippen MR) is 115 cm³/mol. The number of hydrogen-bond acceptors (Lipinski definition) is 7. The van der Waals surface area contributed by atoms with E-state index in [0.717, 1.165) is 40.1 Å². The predicted octanol–water partition coefficient (Wildman–Crippen LogP) is 3.86. The van der Waals surface area contributed by atoms with Gasteiger partial charge in [0.2, 0.25) is 0 Å². The molecule has 9 heteroatoms. The van der Waals surface area contributed by atoms with Crippen LogP contribution in [-0.4, -0.2) is 24.1 Å². The van der Waals surface area contributed by atoms with Gasteiger partial charge in [-0.25, -0.2) is 4.98 Å². The van der Waals surface area contributed by atoms with Gasteiger partial charge in [0.1, 0.15) is 12.4 Å². The van der Waals surface area contributed by atoms with Gasteiger partial charge in [-0.1, -0.05) is 23.9 Å². The molecule has 0 saturated heterocycles. The molecule has 4 aromatic rings. The number of aryl methyl sites for hydroxylation is 2. The molecule has 0 aliphatic rings.